The molecule has 33 rings (SSSR count). The van der Waals surface area contributed by atoms with Gasteiger partial charge in [0.05, 0.1) is 194 Å². The minimum Gasteiger partial charge on any atom is -0.465 e. The van der Waals surface area contributed by atoms with Crippen molar-refractivity contribution in [1.29, 1.82) is 0 Å². The summed E-state index contributed by atoms with van der Waals surface area (Å²) in [6.45, 7) is 13.3. The Kier molecular flexibility index (Phi) is 33.5. The van der Waals surface area contributed by atoms with Crippen LogP contribution in [0.5, 0.6) is 0 Å². The first-order chi connectivity index (χ1) is 71.9. The number of carbonyl (C=O) groups excluding carboxylic acids is 8. The van der Waals surface area contributed by atoms with E-state index in [9.17, 15) is 38.4 Å². The number of hydrogen-bond donors (Lipinski definition) is 0. The summed E-state index contributed by atoms with van der Waals surface area (Å²) in [5.74, 6) is 16.8. The molecule has 0 aromatic rings. The fraction of sp³-hybridized carbons (Fsp3) is 0.928. The molecule has 16 saturated carbocycles. The number of fused-ring (bicyclic) bond motifs is 36. The van der Waals surface area contributed by atoms with E-state index in [-0.39, 0.29) is 76.2 Å². The fourth-order valence-electron chi connectivity index (χ4n) is 39.1. The van der Waals surface area contributed by atoms with Crippen molar-refractivity contribution in [3.63, 3.8) is 0 Å². The highest BCUT2D eigenvalue weighted by Gasteiger charge is 2.68. The van der Waals surface area contributed by atoms with Gasteiger partial charge >= 0.3 is 47.8 Å². The lowest BCUT2D eigenvalue weighted by Gasteiger charge is -2.35. The van der Waals surface area contributed by atoms with Crippen LogP contribution in [0.2, 0.25) is 62.0 Å². The molecule has 27 nitrogen and oxygen atoms in total. The minimum absolute atomic E-state index is 0.00553. The number of cyclic esters (lactones) is 8. The van der Waals surface area contributed by atoms with Crippen LogP contribution in [-0.4, -0.2) is 346 Å². The van der Waals surface area contributed by atoms with Gasteiger partial charge in [0.1, 0.15) is 18.8 Å². The van der Waals surface area contributed by atoms with Gasteiger partial charge in [0.15, 0.2) is 6.29 Å². The molecule has 834 valence electrons. The summed E-state index contributed by atoms with van der Waals surface area (Å²) in [5, 5.41) is 0. The van der Waals surface area contributed by atoms with Crippen LogP contribution in [0.4, 0.5) is 0 Å². The van der Waals surface area contributed by atoms with E-state index < -0.39 is 0 Å². The van der Waals surface area contributed by atoms with Gasteiger partial charge in [0, 0.05) is 179 Å². The Morgan fingerprint density at radius 1 is 0.315 bits per heavy atom. The van der Waals surface area contributed by atoms with Crippen molar-refractivity contribution in [2.75, 3.05) is 112 Å². The highest BCUT2D eigenvalue weighted by molar-refractivity contribution is 6.15. The highest BCUT2D eigenvalue weighted by atomic mass is 28.2. The zero-order valence-electron chi connectivity index (χ0n) is 92.0. The second-order valence-electron chi connectivity index (χ2n) is 55.7. The molecule has 38 heteroatoms. The number of rotatable bonds is 18. The summed E-state index contributed by atoms with van der Waals surface area (Å²) in [6.07, 6.45) is 46.5. The van der Waals surface area contributed by atoms with Gasteiger partial charge in [0.25, 0.3) is 0 Å². The average molecular weight is 2260 g/mol. The van der Waals surface area contributed by atoms with Crippen molar-refractivity contribution in [3.8, 4) is 0 Å². The molecule has 33 aliphatic rings. The van der Waals surface area contributed by atoms with Crippen LogP contribution >= 0.6 is 0 Å². The van der Waals surface area contributed by atoms with Crippen LogP contribution < -0.4 is 0 Å². The molecule has 22 bridgehead atoms. The lowest BCUT2D eigenvalue weighted by molar-refractivity contribution is -0.152. The maximum atomic E-state index is 12.0. The van der Waals surface area contributed by atoms with Gasteiger partial charge < -0.3 is 90.0 Å². The molecule has 149 heavy (non-hydrogen) atoms. The van der Waals surface area contributed by atoms with Gasteiger partial charge in [-0.1, -0.05) is 64.6 Å². The molecule has 17 saturated heterocycles. The van der Waals surface area contributed by atoms with E-state index in [4.69, 9.17) is 90.0 Å². The van der Waals surface area contributed by atoms with E-state index in [0.717, 1.165) is 247 Å². The molecule has 0 radical (unpaired) electrons. The normalized spacial score (nSPS) is 51.5. The predicted molar refractivity (Wildman–Crippen MR) is 594 cm³/mol. The third kappa shape index (κ3) is 22.3. The third-order valence-electron chi connectivity index (χ3n) is 46.6. The molecular weight excluding hydrogens is 2070 g/mol. The van der Waals surface area contributed by atoms with Gasteiger partial charge in [-0.05, 0) is 285 Å². The second kappa shape index (κ2) is 45.6. The van der Waals surface area contributed by atoms with Crippen molar-refractivity contribution >= 4 is 160 Å². The van der Waals surface area contributed by atoms with Gasteiger partial charge in [-0.25, -0.2) is 0 Å². The molecule has 0 amide bonds. The van der Waals surface area contributed by atoms with Crippen molar-refractivity contribution in [1.82, 2.24) is 0 Å². The molecule has 17 heterocycles. The van der Waals surface area contributed by atoms with Crippen molar-refractivity contribution in [2.45, 2.75) is 354 Å². The van der Waals surface area contributed by atoms with Gasteiger partial charge in [-0.15, -0.1) is 0 Å². The maximum Gasteiger partial charge on any atom is 0.312 e. The summed E-state index contributed by atoms with van der Waals surface area (Å²) >= 11 is 0. The Morgan fingerprint density at radius 2 is 0.852 bits per heavy atom. The quantitative estimate of drug-likeness (QED) is 0.0624. The van der Waals surface area contributed by atoms with E-state index in [1.807, 2.05) is 0 Å². The predicted octanol–water partition coefficient (Wildman–Crippen LogP) is 2.14. The van der Waals surface area contributed by atoms with Gasteiger partial charge in [-0.2, -0.15) is 0 Å². The van der Waals surface area contributed by atoms with E-state index in [0.29, 0.717) is 187 Å². The Labute approximate surface area is 917 Å². The average Bonchev–Trinajstić information content (AvgIpc) is 1.55. The van der Waals surface area contributed by atoms with Crippen LogP contribution in [0.1, 0.15) is 218 Å². The first-order valence-corrected chi connectivity index (χ1v) is 74.3. The first-order valence-electron chi connectivity index (χ1n) is 61.1. The SMILES string of the molecule is O=C1CC2(CO1)CC1CC([SiH3])C2C1.O=C1CC2(CO1)CC1CC2CC1[SiH3].O=C1OCC2C3CC(CC3[SiH3])C12.O=C1OCC2C3CC(OCCC[SiH3])C(C3)C12.O=C1OCC2C3CC([SiH3])C(C3)C12.O=C1OCCC12CC1CC(OCCC[SiH3])C2C1.O=C1OCCC12CC1CC([SiH3])C2C1.O=C1OCCC12CC1CC2CC1[SiH3].[SiH3]C1CC2CC(COCC3CO3)C1O2.[SiH3]C1CC2CC(OCC3CO3)C1O2.[SiH3]C1CC2OC1CC2COC1CO1. The number of carbonyl (C=O) groups is 8. The zero-order chi connectivity index (χ0) is 103. The second-order valence-corrected chi connectivity index (χ2v) is 71.1. The van der Waals surface area contributed by atoms with Crippen molar-refractivity contribution in [2.24, 2.45) is 169 Å². The maximum absolute atomic E-state index is 12.0. The van der Waals surface area contributed by atoms with Crippen LogP contribution in [0.25, 0.3) is 0 Å². The first kappa shape index (κ1) is 109. The number of hydrogen-bond acceptors (Lipinski definition) is 27. The summed E-state index contributed by atoms with van der Waals surface area (Å²) < 4.78 is 103. The number of esters is 8. The smallest absolute Gasteiger partial charge is 0.312 e. The lowest BCUT2D eigenvalue weighted by atomic mass is 9.71. The van der Waals surface area contributed by atoms with Crippen LogP contribution in [0.3, 0.4) is 0 Å². The third-order valence-corrected chi connectivity index (χ3v) is 59.5. The van der Waals surface area contributed by atoms with Crippen molar-refractivity contribution < 1.29 is 128 Å². The molecule has 16 aliphatic carbocycles. The topological polar surface area (TPSA) is 322 Å². The molecule has 0 N–H and O–H groups in total. The van der Waals surface area contributed by atoms with Crippen molar-refractivity contribution in [3.05, 3.63) is 0 Å². The van der Waals surface area contributed by atoms with E-state index in [2.05, 4.69) is 0 Å². The molecule has 5 spiro atoms. The molecule has 33 fully saturated rings. The molecule has 50 unspecified atom stereocenters. The molecule has 17 aliphatic heterocycles. The Morgan fingerprint density at radius 3 is 1.38 bits per heavy atom. The number of epoxide rings is 3. The van der Waals surface area contributed by atoms with Crippen LogP contribution in [0.15, 0.2) is 0 Å². The lowest BCUT2D eigenvalue weighted by Crippen LogP contribution is -2.40. The van der Waals surface area contributed by atoms with Crippen LogP contribution in [-0.2, 0) is 128 Å². The summed E-state index contributed by atoms with van der Waals surface area (Å²) in [7, 11) is 14.2. The van der Waals surface area contributed by atoms with E-state index in [1.54, 1.807) is 0 Å². The molecule has 50 atom stereocenters. The van der Waals surface area contributed by atoms with E-state index in [1.165, 1.54) is 285 Å². The Balaban J connectivity index is 0.0000000901. The molecular formula is C111H184O27Si11. The molecule has 0 aromatic heterocycles. The van der Waals surface area contributed by atoms with Crippen LogP contribution in [0, 0.1) is 169 Å². The summed E-state index contributed by atoms with van der Waals surface area (Å²) in [4.78, 5) is 92.1. The largest absolute Gasteiger partial charge is 0.465 e. The standard InChI is InChI=1S/C13H22O3Si.C12H20O3Si.C10H18O3Si.4C10H16O2Si.2C9H16O3Si.2C9H14O2Si/c14-12-13(2-4-16-12)8-9-6-10(13)11(7-9)15-3-1-5-17;13-12-11-8-4-7(9(11)6-15-12)5-10(8)14-2-1-3-16;14-9-2-7-1-6(10(9)13-7)3-11-4-8-5-12-8;11-9-4-10(5-12-9)3-6-1-7(10)2-8(6)13;11-9-4-10(5-12-9)3-6-1-7(10)8(13)2-6;11-9-10(1-2-12-9)5-6-3-7(10)4-8(6)13;11-9-10(1-2-12-9)5-6-3-7(10)8(13)4-6;13-8-2-6-5(1-7(8)12-6)3-10-9-4-11-9;13-8-2-5-1-7(9(8)12-5)11-4-6-3-10-6;10-9-8-4-1-5(7(12)2-4)6(8)3-11-9;10-9-8-5-1-4(2-7(5)12)6(8)3-11-9/h9-11H,1-8H2,17H3;7-11H,1-6H2,16H3;6-10H,1-5H2,14H3;4*6-8H,1-5H2,13H3;2*5-9H,1-4H2,13H3;2*4-8H,1-3H2,12H3. The Hall–Kier alpha value is -2.29. The van der Waals surface area contributed by atoms with E-state index >= 15 is 0 Å². The fourth-order valence-corrected chi connectivity index (χ4v) is 50.9. The molecule has 0 aromatic carbocycles. The summed E-state index contributed by atoms with van der Waals surface area (Å²) in [5.41, 5.74) is 8.85. The van der Waals surface area contributed by atoms with Gasteiger partial charge in [-0.3, -0.25) is 38.4 Å². The van der Waals surface area contributed by atoms with Gasteiger partial charge in [0.2, 0.25) is 0 Å². The Bertz CT molecular complexity index is 4750. The minimum atomic E-state index is -0.144. The highest BCUT2D eigenvalue weighted by Crippen LogP contribution is 2.70. The zero-order valence-corrected chi connectivity index (χ0v) is 114. The monoisotopic (exact) mass is 2260 g/mol. The summed E-state index contributed by atoms with van der Waals surface area (Å²) in [6, 6.07) is 2.63. The number of ether oxygens (including phenoxy) is 19.